The first-order valence-corrected chi connectivity index (χ1v) is 20.9. The van der Waals surface area contributed by atoms with Crippen molar-refractivity contribution in [1.29, 1.82) is 0 Å². The minimum atomic E-state index is -0.117. The number of para-hydroxylation sites is 3. The number of nitrogens with zero attached hydrogens (tertiary/aromatic N) is 1. The normalized spacial score (nSPS) is 16.8. The highest BCUT2D eigenvalue weighted by Crippen LogP contribution is 2.53. The van der Waals surface area contributed by atoms with Crippen LogP contribution in [-0.4, -0.2) is 7.28 Å². The molecule has 0 amide bonds. The molecule has 1 N–H and O–H groups in total. The lowest BCUT2D eigenvalue weighted by atomic mass is 9.55. The van der Waals surface area contributed by atoms with E-state index in [0.29, 0.717) is 0 Å². The highest BCUT2D eigenvalue weighted by Gasteiger charge is 2.41. The van der Waals surface area contributed by atoms with Crippen molar-refractivity contribution >= 4 is 68.6 Å². The van der Waals surface area contributed by atoms with Crippen molar-refractivity contribution < 1.29 is 4.42 Å². The molecule has 3 aliphatic rings. The van der Waals surface area contributed by atoms with Crippen molar-refractivity contribution in [2.75, 3.05) is 10.2 Å². The molecule has 1 aliphatic carbocycles. The van der Waals surface area contributed by atoms with E-state index in [4.69, 9.17) is 4.42 Å². The molecule has 6 aromatic carbocycles. The van der Waals surface area contributed by atoms with Crippen LogP contribution in [0.3, 0.4) is 0 Å². The summed E-state index contributed by atoms with van der Waals surface area (Å²) in [6.45, 7) is 16.7. The van der Waals surface area contributed by atoms with Crippen molar-refractivity contribution in [3.63, 3.8) is 0 Å². The minimum Gasteiger partial charge on any atom is -0.456 e. The largest absolute Gasteiger partial charge is 0.456 e. The van der Waals surface area contributed by atoms with Gasteiger partial charge in [-0.05, 0) is 118 Å². The third-order valence-electron chi connectivity index (χ3n) is 13.6. The molecule has 1 radical (unpaired) electrons. The first-order chi connectivity index (χ1) is 27.0. The Balaban J connectivity index is 1.24. The van der Waals surface area contributed by atoms with E-state index in [0.717, 1.165) is 39.7 Å². The summed E-state index contributed by atoms with van der Waals surface area (Å²) < 4.78 is 6.58. The Labute approximate surface area is 333 Å². The van der Waals surface area contributed by atoms with Gasteiger partial charge in [0, 0.05) is 33.4 Å². The number of hydrogen-bond acceptors (Lipinski definition) is 3. The van der Waals surface area contributed by atoms with E-state index in [1.54, 1.807) is 0 Å². The van der Waals surface area contributed by atoms with Crippen LogP contribution in [0.15, 0.2) is 114 Å². The summed E-state index contributed by atoms with van der Waals surface area (Å²) in [5.74, 6) is 0. The fraction of sp³-hybridized carbons (Fsp3) is 0.308. The maximum atomic E-state index is 6.58. The summed E-state index contributed by atoms with van der Waals surface area (Å²) in [6, 6.07) is 41.1. The average Bonchev–Trinajstić information content (AvgIpc) is 3.58. The number of rotatable bonds is 7. The van der Waals surface area contributed by atoms with Crippen molar-refractivity contribution in [1.82, 2.24) is 0 Å². The van der Waals surface area contributed by atoms with Gasteiger partial charge in [-0.2, -0.15) is 0 Å². The fourth-order valence-electron chi connectivity index (χ4n) is 10.3. The van der Waals surface area contributed by atoms with E-state index in [1.165, 1.54) is 99.0 Å². The number of anilines is 5. The zero-order valence-electron chi connectivity index (χ0n) is 34.1. The van der Waals surface area contributed by atoms with Crippen LogP contribution in [0.1, 0.15) is 108 Å². The van der Waals surface area contributed by atoms with Crippen LogP contribution in [0.2, 0.25) is 0 Å². The second-order valence-electron chi connectivity index (χ2n) is 18.5. The van der Waals surface area contributed by atoms with Crippen LogP contribution in [0, 0.1) is 0 Å². The van der Waals surface area contributed by atoms with Crippen molar-refractivity contribution in [3.8, 4) is 11.1 Å². The van der Waals surface area contributed by atoms with Crippen LogP contribution in [0.25, 0.3) is 33.1 Å². The first kappa shape index (κ1) is 35.2. The molecule has 3 nitrogen and oxygen atoms in total. The molecule has 3 heterocycles. The van der Waals surface area contributed by atoms with E-state index < -0.39 is 0 Å². The molecular formula is C52H52BN2O. The topological polar surface area (TPSA) is 28.4 Å². The molecule has 10 rings (SSSR count). The van der Waals surface area contributed by atoms with Crippen molar-refractivity contribution in [2.24, 2.45) is 0 Å². The standard InChI is InChI=1S/C52H52BN2O/c1-8-9-10-16-32-29-36(47-43(30-32)55-42-21-13-12-18-38(42)52(6,7)39-19-15-20-41(53-47)49(39)55)34-24-26-45-46(35-17-11-14-22-44(35)56-45)48(34)54-33-23-25-37-40(31-33)51(4,5)28-27-50(37,2)3/h11-15,17-26,29-31,54H,8-10,16,27-28H2,1-7H3. The molecule has 0 fully saturated rings. The van der Waals surface area contributed by atoms with Crippen LogP contribution in [0.4, 0.5) is 28.4 Å². The lowest BCUT2D eigenvalue weighted by Gasteiger charge is -2.46. The minimum absolute atomic E-state index is 0.103. The summed E-state index contributed by atoms with van der Waals surface area (Å²) in [6.07, 6.45) is 7.00. The molecule has 56 heavy (non-hydrogen) atoms. The van der Waals surface area contributed by atoms with Gasteiger partial charge in [-0.15, -0.1) is 0 Å². The van der Waals surface area contributed by atoms with Gasteiger partial charge in [0.05, 0.1) is 16.8 Å². The maximum Gasteiger partial charge on any atom is 0.197 e. The third-order valence-corrected chi connectivity index (χ3v) is 13.6. The number of nitrogens with one attached hydrogen (secondary N) is 1. The Morgan fingerprint density at radius 1 is 0.661 bits per heavy atom. The lowest BCUT2D eigenvalue weighted by Crippen LogP contribution is -2.45. The third kappa shape index (κ3) is 5.31. The van der Waals surface area contributed by atoms with Crippen LogP contribution >= 0.6 is 0 Å². The Bertz CT molecular complexity index is 2710. The average molecular weight is 732 g/mol. The predicted molar refractivity (Wildman–Crippen MR) is 239 cm³/mol. The fourth-order valence-corrected chi connectivity index (χ4v) is 10.3. The lowest BCUT2D eigenvalue weighted by molar-refractivity contribution is 0.332. The van der Waals surface area contributed by atoms with E-state index in [-0.39, 0.29) is 16.2 Å². The predicted octanol–water partition coefficient (Wildman–Crippen LogP) is 13.2. The first-order valence-electron chi connectivity index (χ1n) is 20.9. The van der Waals surface area contributed by atoms with E-state index >= 15 is 0 Å². The molecule has 0 spiro atoms. The molecule has 7 aromatic rings. The highest BCUT2D eigenvalue weighted by molar-refractivity contribution is 6.73. The molecule has 0 saturated carbocycles. The zero-order chi connectivity index (χ0) is 38.6. The van der Waals surface area contributed by atoms with E-state index in [1.807, 2.05) is 0 Å². The second kappa shape index (κ2) is 12.6. The Morgan fingerprint density at radius 2 is 1.43 bits per heavy atom. The summed E-state index contributed by atoms with van der Waals surface area (Å²) in [5.41, 5.74) is 20.0. The highest BCUT2D eigenvalue weighted by atomic mass is 16.3. The van der Waals surface area contributed by atoms with Gasteiger partial charge >= 0.3 is 0 Å². The van der Waals surface area contributed by atoms with Gasteiger partial charge in [-0.1, -0.05) is 134 Å². The van der Waals surface area contributed by atoms with Crippen molar-refractivity contribution in [3.05, 3.63) is 137 Å². The number of aryl methyl sites for hydroxylation is 1. The molecule has 0 saturated heterocycles. The maximum absolute atomic E-state index is 6.58. The van der Waals surface area contributed by atoms with Crippen LogP contribution in [-0.2, 0) is 22.7 Å². The van der Waals surface area contributed by atoms with E-state index in [9.17, 15) is 0 Å². The monoisotopic (exact) mass is 731 g/mol. The van der Waals surface area contributed by atoms with Crippen LogP contribution < -0.4 is 21.1 Å². The molecule has 0 unspecified atom stereocenters. The summed E-state index contributed by atoms with van der Waals surface area (Å²) in [7, 11) is 2.46. The van der Waals surface area contributed by atoms with Gasteiger partial charge in [0.15, 0.2) is 7.28 Å². The van der Waals surface area contributed by atoms with Crippen molar-refractivity contribution in [2.45, 2.75) is 103 Å². The summed E-state index contributed by atoms with van der Waals surface area (Å²) in [5, 5.41) is 6.35. The molecule has 279 valence electrons. The molecule has 0 bridgehead atoms. The number of furan rings is 1. The Kier molecular flexibility index (Phi) is 7.95. The molecule has 4 heteroatoms. The zero-order valence-corrected chi connectivity index (χ0v) is 34.1. The second-order valence-corrected chi connectivity index (χ2v) is 18.5. The molecule has 1 aromatic heterocycles. The van der Waals surface area contributed by atoms with Gasteiger partial charge in [0.2, 0.25) is 0 Å². The molecular weight excluding hydrogens is 679 g/mol. The van der Waals surface area contributed by atoms with Crippen LogP contribution in [0.5, 0.6) is 0 Å². The smallest absolute Gasteiger partial charge is 0.197 e. The van der Waals surface area contributed by atoms with Gasteiger partial charge in [0.1, 0.15) is 11.2 Å². The summed E-state index contributed by atoms with van der Waals surface area (Å²) >= 11 is 0. The number of fused-ring (bicyclic) bond motifs is 8. The Hall–Kier alpha value is -5.22. The molecule has 0 atom stereocenters. The van der Waals surface area contributed by atoms with Gasteiger partial charge in [-0.25, -0.2) is 0 Å². The number of unbranched alkanes of at least 4 members (excludes halogenated alkanes) is 2. The molecule has 2 aliphatic heterocycles. The summed E-state index contributed by atoms with van der Waals surface area (Å²) in [4.78, 5) is 2.58. The van der Waals surface area contributed by atoms with E-state index in [2.05, 4.69) is 175 Å². The number of benzene rings is 6. The van der Waals surface area contributed by atoms with Gasteiger partial charge < -0.3 is 14.6 Å². The SMILES string of the molecule is CCCCCc1cc(-c2ccc3oc4ccccc4c3c2Nc2ccc3c(c2)C(C)(C)CCC3(C)C)c2c(c1)N1c3ccccc3C(C)(C)c3cccc(c31)[B]2. The van der Waals surface area contributed by atoms with Gasteiger partial charge in [0.25, 0.3) is 0 Å². The quantitative estimate of drug-likeness (QED) is 0.131. The number of hydrogen-bond donors (Lipinski definition) is 1. The van der Waals surface area contributed by atoms with Gasteiger partial charge in [-0.3, -0.25) is 0 Å². The Morgan fingerprint density at radius 3 is 2.27 bits per heavy atom.